The fraction of sp³-hybridized carbons (Fsp3) is 0.214. The Morgan fingerprint density at radius 2 is 2.17 bits per heavy atom. The predicted molar refractivity (Wildman–Crippen MR) is 73.5 cm³/mol. The first-order valence-corrected chi connectivity index (χ1v) is 6.14. The summed E-state index contributed by atoms with van der Waals surface area (Å²) in [6.45, 7) is 0.954. The minimum Gasteiger partial charge on any atom is -0.360 e. The third-order valence-electron chi connectivity index (χ3n) is 3.14. The highest BCUT2D eigenvalue weighted by molar-refractivity contribution is 5.94. The molecule has 0 aliphatic carbocycles. The normalized spacial score (nSPS) is 11.2. The number of H-pyrrole nitrogens is 2. The van der Waals surface area contributed by atoms with Gasteiger partial charge in [-0.25, -0.2) is 0 Å². The second kappa shape index (κ2) is 4.66. The lowest BCUT2D eigenvalue weighted by Crippen LogP contribution is -2.10. The molecule has 92 valence electrons. The molecule has 0 aliphatic heterocycles. The van der Waals surface area contributed by atoms with E-state index in [-0.39, 0.29) is 0 Å². The molecule has 0 atom stereocenters. The number of benzene rings is 1. The van der Waals surface area contributed by atoms with Gasteiger partial charge in [0.2, 0.25) is 0 Å². The third-order valence-corrected chi connectivity index (χ3v) is 3.14. The van der Waals surface area contributed by atoms with Crippen molar-refractivity contribution in [2.75, 3.05) is 13.6 Å². The summed E-state index contributed by atoms with van der Waals surface area (Å²) in [5, 5.41) is 11.8. The minimum atomic E-state index is 0.954. The van der Waals surface area contributed by atoms with Gasteiger partial charge < -0.3 is 10.3 Å². The van der Waals surface area contributed by atoms with E-state index in [9.17, 15) is 0 Å². The van der Waals surface area contributed by atoms with E-state index in [1.54, 1.807) is 0 Å². The molecule has 2 heterocycles. The fourth-order valence-corrected chi connectivity index (χ4v) is 2.17. The molecule has 0 bridgehead atoms. The summed E-state index contributed by atoms with van der Waals surface area (Å²) < 4.78 is 0. The smallest absolute Gasteiger partial charge is 0.0944 e. The Balaban J connectivity index is 1.96. The Kier molecular flexibility index (Phi) is 2.86. The van der Waals surface area contributed by atoms with Crippen LogP contribution in [-0.2, 0) is 6.42 Å². The first kappa shape index (κ1) is 11.0. The second-order valence-corrected chi connectivity index (χ2v) is 4.38. The van der Waals surface area contributed by atoms with Crippen molar-refractivity contribution in [3.8, 4) is 11.3 Å². The van der Waals surface area contributed by atoms with Crippen LogP contribution < -0.4 is 5.32 Å². The fourth-order valence-electron chi connectivity index (χ4n) is 2.17. The van der Waals surface area contributed by atoms with E-state index < -0.39 is 0 Å². The van der Waals surface area contributed by atoms with Crippen LogP contribution in [0, 0.1) is 0 Å². The third kappa shape index (κ3) is 1.91. The van der Waals surface area contributed by atoms with Crippen molar-refractivity contribution in [3.05, 3.63) is 42.2 Å². The van der Waals surface area contributed by atoms with Crippen LogP contribution in [0.2, 0.25) is 0 Å². The largest absolute Gasteiger partial charge is 0.360 e. The maximum Gasteiger partial charge on any atom is 0.0944 e. The van der Waals surface area contributed by atoms with Crippen LogP contribution in [0.4, 0.5) is 0 Å². The molecule has 0 saturated heterocycles. The summed E-state index contributed by atoms with van der Waals surface area (Å²) in [6, 6.07) is 10.4. The Morgan fingerprint density at radius 1 is 1.28 bits per heavy atom. The lowest BCUT2D eigenvalue weighted by atomic mass is 10.1. The zero-order chi connectivity index (χ0) is 12.4. The number of hydrogen-bond acceptors (Lipinski definition) is 2. The summed E-state index contributed by atoms with van der Waals surface area (Å²) in [4.78, 5) is 3.27. The van der Waals surface area contributed by atoms with E-state index in [1.165, 1.54) is 5.39 Å². The summed E-state index contributed by atoms with van der Waals surface area (Å²) in [6.07, 6.45) is 2.98. The van der Waals surface area contributed by atoms with Gasteiger partial charge in [0.15, 0.2) is 0 Å². The van der Waals surface area contributed by atoms with Crippen molar-refractivity contribution in [1.82, 2.24) is 20.5 Å². The van der Waals surface area contributed by atoms with E-state index in [0.717, 1.165) is 35.4 Å². The van der Waals surface area contributed by atoms with Gasteiger partial charge in [-0.3, -0.25) is 5.10 Å². The first-order valence-electron chi connectivity index (χ1n) is 6.14. The van der Waals surface area contributed by atoms with Crippen LogP contribution in [-0.4, -0.2) is 28.8 Å². The molecule has 4 heteroatoms. The molecule has 0 spiro atoms. The quantitative estimate of drug-likeness (QED) is 0.655. The number of nitrogens with one attached hydrogen (secondary N) is 3. The molecule has 2 aromatic heterocycles. The molecule has 3 aromatic rings. The Morgan fingerprint density at radius 3 is 3.06 bits per heavy atom. The lowest BCUT2D eigenvalue weighted by Gasteiger charge is -1.94. The van der Waals surface area contributed by atoms with Gasteiger partial charge in [0.1, 0.15) is 0 Å². The SMILES string of the molecule is CNCCc1cc(-c2c[nH]c3ccccc23)n[nH]1. The van der Waals surface area contributed by atoms with Crippen LogP contribution in [0.15, 0.2) is 36.5 Å². The Hall–Kier alpha value is -2.07. The number of para-hydroxylation sites is 1. The van der Waals surface area contributed by atoms with E-state index in [4.69, 9.17) is 0 Å². The maximum atomic E-state index is 4.39. The number of fused-ring (bicyclic) bond motifs is 1. The zero-order valence-corrected chi connectivity index (χ0v) is 10.3. The highest BCUT2D eigenvalue weighted by atomic mass is 15.1. The highest BCUT2D eigenvalue weighted by Crippen LogP contribution is 2.27. The summed E-state index contributed by atoms with van der Waals surface area (Å²) in [7, 11) is 1.96. The summed E-state index contributed by atoms with van der Waals surface area (Å²) in [5.74, 6) is 0. The van der Waals surface area contributed by atoms with Crippen LogP contribution >= 0.6 is 0 Å². The van der Waals surface area contributed by atoms with Crippen molar-refractivity contribution in [2.24, 2.45) is 0 Å². The van der Waals surface area contributed by atoms with Gasteiger partial charge in [0.25, 0.3) is 0 Å². The molecule has 3 N–H and O–H groups in total. The molecule has 0 fully saturated rings. The van der Waals surface area contributed by atoms with Gasteiger partial charge in [-0.15, -0.1) is 0 Å². The topological polar surface area (TPSA) is 56.5 Å². The van der Waals surface area contributed by atoms with Crippen LogP contribution in [0.3, 0.4) is 0 Å². The monoisotopic (exact) mass is 240 g/mol. The van der Waals surface area contributed by atoms with E-state index in [0.29, 0.717) is 0 Å². The molecule has 0 unspecified atom stereocenters. The van der Waals surface area contributed by atoms with Crippen molar-refractivity contribution in [2.45, 2.75) is 6.42 Å². The molecular weight excluding hydrogens is 224 g/mol. The molecule has 0 aliphatic rings. The van der Waals surface area contributed by atoms with Gasteiger partial charge in [-0.2, -0.15) is 5.10 Å². The number of nitrogens with zero attached hydrogens (tertiary/aromatic N) is 1. The van der Waals surface area contributed by atoms with Crippen molar-refractivity contribution < 1.29 is 0 Å². The molecule has 4 nitrogen and oxygen atoms in total. The zero-order valence-electron chi connectivity index (χ0n) is 10.3. The number of hydrogen-bond donors (Lipinski definition) is 3. The van der Waals surface area contributed by atoms with Gasteiger partial charge in [-0.05, 0) is 19.2 Å². The molecule has 0 radical (unpaired) electrons. The molecule has 0 amide bonds. The van der Waals surface area contributed by atoms with Gasteiger partial charge in [0, 0.05) is 41.3 Å². The standard InChI is InChI=1S/C14H16N4/c1-15-7-6-10-8-14(18-17-10)12-9-16-13-5-3-2-4-11(12)13/h2-5,8-9,15-16H,6-7H2,1H3,(H,17,18). The minimum absolute atomic E-state index is 0.954. The molecular formula is C14H16N4. The molecule has 3 rings (SSSR count). The van der Waals surface area contributed by atoms with Crippen LogP contribution in [0.25, 0.3) is 22.2 Å². The average Bonchev–Trinajstić information content (AvgIpc) is 3.02. The van der Waals surface area contributed by atoms with Gasteiger partial charge in [-0.1, -0.05) is 18.2 Å². The molecule has 18 heavy (non-hydrogen) atoms. The second-order valence-electron chi connectivity index (χ2n) is 4.38. The lowest BCUT2D eigenvalue weighted by molar-refractivity contribution is 0.772. The Labute approximate surface area is 105 Å². The van der Waals surface area contributed by atoms with E-state index >= 15 is 0 Å². The summed E-state index contributed by atoms with van der Waals surface area (Å²) >= 11 is 0. The number of likely N-dealkylation sites (N-methyl/N-ethyl adjacent to an activating group) is 1. The van der Waals surface area contributed by atoms with Crippen molar-refractivity contribution in [1.29, 1.82) is 0 Å². The molecule has 0 saturated carbocycles. The van der Waals surface area contributed by atoms with E-state index in [2.05, 4.69) is 38.7 Å². The Bertz CT molecular complexity index is 650. The maximum absolute atomic E-state index is 4.39. The van der Waals surface area contributed by atoms with Crippen molar-refractivity contribution >= 4 is 10.9 Å². The van der Waals surface area contributed by atoms with Crippen LogP contribution in [0.5, 0.6) is 0 Å². The van der Waals surface area contributed by atoms with Gasteiger partial charge >= 0.3 is 0 Å². The summed E-state index contributed by atoms with van der Waals surface area (Å²) in [5.41, 5.74) is 4.45. The highest BCUT2D eigenvalue weighted by Gasteiger charge is 2.08. The number of rotatable bonds is 4. The van der Waals surface area contributed by atoms with Crippen LogP contribution in [0.1, 0.15) is 5.69 Å². The number of aromatic amines is 2. The first-order chi connectivity index (χ1) is 8.88. The average molecular weight is 240 g/mol. The molecule has 1 aromatic carbocycles. The van der Waals surface area contributed by atoms with E-state index in [1.807, 2.05) is 25.4 Å². The predicted octanol–water partition coefficient (Wildman–Crippen LogP) is 2.32. The van der Waals surface area contributed by atoms with Gasteiger partial charge in [0.05, 0.1) is 5.69 Å². The number of aromatic nitrogens is 3. The van der Waals surface area contributed by atoms with Crippen molar-refractivity contribution in [3.63, 3.8) is 0 Å².